The van der Waals surface area contributed by atoms with Gasteiger partial charge in [-0.25, -0.2) is 0 Å². The zero-order valence-corrected chi connectivity index (χ0v) is 16.0. The number of hydrogen-bond donors (Lipinski definition) is 1. The van der Waals surface area contributed by atoms with Crippen molar-refractivity contribution >= 4 is 45.2 Å². The van der Waals surface area contributed by atoms with Gasteiger partial charge in [0.2, 0.25) is 0 Å². The van der Waals surface area contributed by atoms with Crippen LogP contribution in [0.5, 0.6) is 0 Å². The Balaban J connectivity index is 2.05. The molecular formula is C21H25N2OS+. The van der Waals surface area contributed by atoms with Gasteiger partial charge in [-0.2, -0.15) is 0 Å². The Hall–Kier alpha value is -1.78. The zero-order valence-electron chi connectivity index (χ0n) is 15.1. The van der Waals surface area contributed by atoms with Gasteiger partial charge in [0, 0.05) is 46.1 Å². The third-order valence-electron chi connectivity index (χ3n) is 5.62. The molecule has 4 heteroatoms. The lowest BCUT2D eigenvalue weighted by Gasteiger charge is -2.27. The molecule has 4 rings (SSSR count). The van der Waals surface area contributed by atoms with Gasteiger partial charge < -0.3 is 9.30 Å². The third-order valence-corrected chi connectivity index (χ3v) is 6.66. The SMILES string of the molecule is CCC1(C)CC(C=[NH2+])=c2c3cccc4c(SCCOC)ccc(c43)n21. The minimum Gasteiger partial charge on any atom is -0.384 e. The standard InChI is InChI=1S/C21H24N2OS/c1-4-21(2)12-14(13-22)20-16-7-5-6-15-18(25-11-10-24-3)9-8-17(19(15)16)23(20)21/h5-9,13,22H,4,10-12H2,1-3H3/p+1. The summed E-state index contributed by atoms with van der Waals surface area (Å²) in [5, 5.41) is 11.4. The highest BCUT2D eigenvalue weighted by atomic mass is 32.2. The molecule has 3 nitrogen and oxygen atoms in total. The molecular weight excluding hydrogens is 328 g/mol. The van der Waals surface area contributed by atoms with Crippen LogP contribution in [0.4, 0.5) is 0 Å². The van der Waals surface area contributed by atoms with Gasteiger partial charge in [-0.15, -0.1) is 11.8 Å². The van der Waals surface area contributed by atoms with Crippen LogP contribution in [0.15, 0.2) is 35.2 Å². The minimum atomic E-state index is 0.0944. The summed E-state index contributed by atoms with van der Waals surface area (Å²) in [7, 11) is 1.76. The molecule has 2 aromatic carbocycles. The van der Waals surface area contributed by atoms with Crippen LogP contribution in [-0.4, -0.2) is 30.3 Å². The molecule has 130 valence electrons. The first kappa shape index (κ1) is 16.7. The second-order valence-electron chi connectivity index (χ2n) is 7.06. The molecule has 0 spiro atoms. The van der Waals surface area contributed by atoms with E-state index >= 15 is 0 Å². The molecule has 1 aromatic heterocycles. The molecule has 1 atom stereocenters. The smallest absolute Gasteiger partial charge is 0.165 e. The number of hydrogen-bond acceptors (Lipinski definition) is 2. The van der Waals surface area contributed by atoms with Gasteiger partial charge in [0.05, 0.1) is 17.5 Å². The third kappa shape index (κ3) is 2.35. The van der Waals surface area contributed by atoms with Crippen molar-refractivity contribution in [3.63, 3.8) is 0 Å². The molecule has 0 bridgehead atoms. The molecule has 0 saturated heterocycles. The zero-order chi connectivity index (χ0) is 17.6. The molecule has 0 fully saturated rings. The Morgan fingerprint density at radius 2 is 2.08 bits per heavy atom. The van der Waals surface area contributed by atoms with E-state index in [4.69, 9.17) is 10.1 Å². The minimum absolute atomic E-state index is 0.0944. The van der Waals surface area contributed by atoms with Crippen molar-refractivity contribution in [1.82, 2.24) is 4.57 Å². The summed E-state index contributed by atoms with van der Waals surface area (Å²) >= 11 is 1.87. The van der Waals surface area contributed by atoms with E-state index in [1.807, 2.05) is 18.0 Å². The molecule has 2 heterocycles. The number of rotatable bonds is 6. The average molecular weight is 354 g/mol. The Morgan fingerprint density at radius 3 is 2.80 bits per heavy atom. The number of nitrogens with zero attached hydrogens (tertiary/aromatic N) is 1. The summed E-state index contributed by atoms with van der Waals surface area (Å²) in [5.41, 5.74) is 2.69. The number of benzene rings is 2. The van der Waals surface area contributed by atoms with E-state index in [9.17, 15) is 0 Å². The summed E-state index contributed by atoms with van der Waals surface area (Å²) in [6, 6.07) is 11.2. The Morgan fingerprint density at radius 1 is 1.28 bits per heavy atom. The van der Waals surface area contributed by atoms with Gasteiger partial charge in [-0.05, 0) is 30.9 Å². The van der Waals surface area contributed by atoms with Crippen molar-refractivity contribution in [3.05, 3.63) is 35.7 Å². The van der Waals surface area contributed by atoms with Crippen LogP contribution in [0.25, 0.3) is 27.2 Å². The van der Waals surface area contributed by atoms with E-state index in [-0.39, 0.29) is 5.54 Å². The number of methoxy groups -OCH3 is 1. The van der Waals surface area contributed by atoms with Crippen molar-refractivity contribution in [3.8, 4) is 0 Å². The largest absolute Gasteiger partial charge is 0.384 e. The second-order valence-corrected chi connectivity index (χ2v) is 8.19. The van der Waals surface area contributed by atoms with E-state index in [1.54, 1.807) is 7.11 Å². The van der Waals surface area contributed by atoms with Gasteiger partial charge in [-0.3, -0.25) is 5.41 Å². The molecule has 25 heavy (non-hydrogen) atoms. The van der Waals surface area contributed by atoms with Crippen LogP contribution >= 0.6 is 11.8 Å². The first-order chi connectivity index (χ1) is 12.1. The normalized spacial score (nSPS) is 19.9. The maximum atomic E-state index is 6.01. The topological polar surface area (TPSA) is 39.8 Å². The summed E-state index contributed by atoms with van der Waals surface area (Å²) in [4.78, 5) is 1.33. The van der Waals surface area contributed by atoms with Crippen LogP contribution in [-0.2, 0) is 10.3 Å². The van der Waals surface area contributed by atoms with Crippen molar-refractivity contribution in [2.45, 2.75) is 37.1 Å². The molecule has 3 aromatic rings. The lowest BCUT2D eigenvalue weighted by molar-refractivity contribution is -0.103. The first-order valence-electron chi connectivity index (χ1n) is 8.91. The Bertz CT molecular complexity index is 1020. The summed E-state index contributed by atoms with van der Waals surface area (Å²) in [6.45, 7) is 5.39. The predicted molar refractivity (Wildman–Crippen MR) is 107 cm³/mol. The van der Waals surface area contributed by atoms with E-state index in [0.29, 0.717) is 0 Å². The first-order valence-corrected chi connectivity index (χ1v) is 9.89. The molecule has 0 aliphatic carbocycles. The molecule has 0 saturated carbocycles. The Kier molecular flexibility index (Phi) is 4.13. The van der Waals surface area contributed by atoms with Crippen LogP contribution in [0, 0.1) is 0 Å². The summed E-state index contributed by atoms with van der Waals surface area (Å²) in [5.74, 6) is 0.968. The molecule has 0 radical (unpaired) electrons. The van der Waals surface area contributed by atoms with Crippen molar-refractivity contribution in [2.75, 3.05) is 19.5 Å². The average Bonchev–Trinajstić information content (AvgIpc) is 3.13. The highest BCUT2D eigenvalue weighted by Gasteiger charge is 2.35. The highest BCUT2D eigenvalue weighted by molar-refractivity contribution is 7.99. The summed E-state index contributed by atoms with van der Waals surface area (Å²) < 4.78 is 7.75. The van der Waals surface area contributed by atoms with E-state index in [2.05, 4.69) is 48.7 Å². The number of ether oxygens (including phenoxy) is 1. The number of fused-ring (bicyclic) bond motifs is 3. The van der Waals surface area contributed by atoms with Gasteiger partial charge in [0.1, 0.15) is 0 Å². The molecule has 1 aliphatic heterocycles. The van der Waals surface area contributed by atoms with Crippen LogP contribution in [0.1, 0.15) is 26.7 Å². The lowest BCUT2D eigenvalue weighted by atomic mass is 9.92. The van der Waals surface area contributed by atoms with Gasteiger partial charge in [0.25, 0.3) is 0 Å². The van der Waals surface area contributed by atoms with Crippen molar-refractivity contribution in [1.29, 1.82) is 0 Å². The van der Waals surface area contributed by atoms with Crippen molar-refractivity contribution in [2.24, 2.45) is 0 Å². The van der Waals surface area contributed by atoms with Crippen LogP contribution in [0.2, 0.25) is 0 Å². The molecule has 2 N–H and O–H groups in total. The van der Waals surface area contributed by atoms with Gasteiger partial charge in [-0.1, -0.05) is 25.1 Å². The lowest BCUT2D eigenvalue weighted by Crippen LogP contribution is -2.31. The van der Waals surface area contributed by atoms with Gasteiger partial charge in [0.15, 0.2) is 6.21 Å². The van der Waals surface area contributed by atoms with Crippen molar-refractivity contribution < 1.29 is 10.1 Å². The molecule has 1 aliphatic rings. The molecule has 1 unspecified atom stereocenters. The fraction of sp³-hybridized carbons (Fsp3) is 0.381. The van der Waals surface area contributed by atoms with Crippen LogP contribution in [0.3, 0.4) is 0 Å². The quantitative estimate of drug-likeness (QED) is 0.420. The van der Waals surface area contributed by atoms with E-state index in [0.717, 1.165) is 25.2 Å². The predicted octanol–water partition coefficient (Wildman–Crippen LogP) is 2.76. The number of thioether (sulfide) groups is 1. The maximum Gasteiger partial charge on any atom is 0.165 e. The Labute approximate surface area is 152 Å². The molecule has 0 amide bonds. The van der Waals surface area contributed by atoms with E-state index in [1.165, 1.54) is 37.5 Å². The summed E-state index contributed by atoms with van der Waals surface area (Å²) in [6.07, 6.45) is 3.91. The number of nitrogens with two attached hydrogens (primary N) is 1. The van der Waals surface area contributed by atoms with Crippen LogP contribution < -0.4 is 10.8 Å². The van der Waals surface area contributed by atoms with E-state index < -0.39 is 0 Å². The fourth-order valence-electron chi connectivity index (χ4n) is 4.22. The monoisotopic (exact) mass is 353 g/mol. The maximum absolute atomic E-state index is 6.01. The number of aromatic nitrogens is 1. The van der Waals surface area contributed by atoms with Gasteiger partial charge >= 0.3 is 0 Å². The second kappa shape index (κ2) is 6.19. The fourth-order valence-corrected chi connectivity index (χ4v) is 5.18. The highest BCUT2D eigenvalue weighted by Crippen LogP contribution is 2.40.